The summed E-state index contributed by atoms with van der Waals surface area (Å²) in [7, 11) is 0. The lowest BCUT2D eigenvalue weighted by atomic mass is 10.1. The molecule has 1 aliphatic rings. The second kappa shape index (κ2) is 5.10. The van der Waals surface area contributed by atoms with E-state index < -0.39 is 16.9 Å². The van der Waals surface area contributed by atoms with E-state index in [1.165, 1.54) is 13.0 Å². The summed E-state index contributed by atoms with van der Waals surface area (Å²) in [5.41, 5.74) is 0.334. The fraction of sp³-hybridized carbons (Fsp3) is 0.0769. The SMILES string of the molecule is CC1=CC(=O)C(S(=O)Oc2ccccc2)=CC1=O. The largest absolute Gasteiger partial charge is 0.397 e. The van der Waals surface area contributed by atoms with Crippen molar-refractivity contribution in [1.29, 1.82) is 0 Å². The Morgan fingerprint density at radius 1 is 1.00 bits per heavy atom. The maximum Gasteiger partial charge on any atom is 0.244 e. The van der Waals surface area contributed by atoms with E-state index >= 15 is 0 Å². The fourth-order valence-corrected chi connectivity index (χ4v) is 2.18. The predicted molar refractivity (Wildman–Crippen MR) is 67.1 cm³/mol. The monoisotopic (exact) mass is 262 g/mol. The lowest BCUT2D eigenvalue weighted by Crippen LogP contribution is -2.17. The molecule has 0 heterocycles. The molecule has 0 fully saturated rings. The number of carbonyl (C=O) groups is 2. The van der Waals surface area contributed by atoms with E-state index in [2.05, 4.69) is 0 Å². The highest BCUT2D eigenvalue weighted by atomic mass is 32.2. The van der Waals surface area contributed by atoms with Gasteiger partial charge < -0.3 is 4.18 Å². The molecule has 1 unspecified atom stereocenters. The zero-order valence-electron chi connectivity index (χ0n) is 9.58. The number of para-hydroxylation sites is 1. The van der Waals surface area contributed by atoms with Gasteiger partial charge in [0.2, 0.25) is 11.1 Å². The maximum atomic E-state index is 11.8. The van der Waals surface area contributed by atoms with Gasteiger partial charge in [0.05, 0.1) is 0 Å². The van der Waals surface area contributed by atoms with Crippen LogP contribution >= 0.6 is 0 Å². The first kappa shape index (κ1) is 12.4. The number of carbonyl (C=O) groups excluding carboxylic acids is 2. The Balaban J connectivity index is 2.18. The lowest BCUT2D eigenvalue weighted by Gasteiger charge is -2.09. The molecular formula is C13H10O4S. The number of hydrogen-bond donors (Lipinski definition) is 0. The minimum atomic E-state index is -1.98. The van der Waals surface area contributed by atoms with E-state index in [0.29, 0.717) is 11.3 Å². The van der Waals surface area contributed by atoms with Crippen molar-refractivity contribution in [2.75, 3.05) is 0 Å². The Kier molecular flexibility index (Phi) is 3.53. The summed E-state index contributed by atoms with van der Waals surface area (Å²) >= 11 is -1.98. The van der Waals surface area contributed by atoms with E-state index in [9.17, 15) is 13.8 Å². The van der Waals surface area contributed by atoms with Crippen molar-refractivity contribution in [3.05, 3.63) is 53.0 Å². The molecule has 1 aromatic carbocycles. The van der Waals surface area contributed by atoms with Crippen LogP contribution in [0.15, 0.2) is 53.0 Å². The normalized spacial score (nSPS) is 16.9. The van der Waals surface area contributed by atoms with Gasteiger partial charge in [-0.1, -0.05) is 18.2 Å². The Labute approximate surface area is 107 Å². The minimum absolute atomic E-state index is 0.130. The first-order chi connectivity index (χ1) is 8.58. The fourth-order valence-electron chi connectivity index (χ4n) is 1.38. The molecule has 0 bridgehead atoms. The number of rotatable bonds is 3. The van der Waals surface area contributed by atoms with E-state index in [-0.39, 0.29) is 10.7 Å². The lowest BCUT2D eigenvalue weighted by molar-refractivity contribution is -0.114. The summed E-state index contributed by atoms with van der Waals surface area (Å²) in [5, 5.41) is 0. The van der Waals surface area contributed by atoms with Gasteiger partial charge in [0.15, 0.2) is 11.6 Å². The molecule has 1 atom stereocenters. The summed E-state index contributed by atoms with van der Waals surface area (Å²) in [6.45, 7) is 1.54. The van der Waals surface area contributed by atoms with E-state index in [4.69, 9.17) is 4.18 Å². The van der Waals surface area contributed by atoms with Crippen LogP contribution in [0.2, 0.25) is 0 Å². The summed E-state index contributed by atoms with van der Waals surface area (Å²) in [6.07, 6.45) is 2.24. The van der Waals surface area contributed by atoms with Gasteiger partial charge in [0.1, 0.15) is 10.7 Å². The topological polar surface area (TPSA) is 60.4 Å². The third-order valence-corrected chi connectivity index (χ3v) is 3.36. The van der Waals surface area contributed by atoms with Crippen LogP contribution < -0.4 is 4.18 Å². The molecule has 2 rings (SSSR count). The zero-order valence-corrected chi connectivity index (χ0v) is 10.4. The average Bonchev–Trinajstić information content (AvgIpc) is 2.35. The van der Waals surface area contributed by atoms with Crippen molar-refractivity contribution in [3.63, 3.8) is 0 Å². The van der Waals surface area contributed by atoms with Crippen molar-refractivity contribution < 1.29 is 18.0 Å². The minimum Gasteiger partial charge on any atom is -0.397 e. The Morgan fingerprint density at radius 3 is 2.33 bits per heavy atom. The second-order valence-corrected chi connectivity index (χ2v) is 4.77. The van der Waals surface area contributed by atoms with Crippen LogP contribution in [0.4, 0.5) is 0 Å². The second-order valence-electron chi connectivity index (χ2n) is 3.70. The molecule has 0 amide bonds. The maximum absolute atomic E-state index is 11.8. The molecule has 0 saturated carbocycles. The standard InChI is InChI=1S/C13H10O4S/c1-9-7-12(15)13(8-11(9)14)18(16)17-10-5-3-2-4-6-10/h2-8H,1H3. The molecule has 5 heteroatoms. The van der Waals surface area contributed by atoms with Gasteiger partial charge in [-0.2, -0.15) is 0 Å². The van der Waals surface area contributed by atoms with Crippen LogP contribution in [0.3, 0.4) is 0 Å². The average molecular weight is 262 g/mol. The van der Waals surface area contributed by atoms with Crippen LogP contribution in [0.1, 0.15) is 6.92 Å². The highest BCUT2D eigenvalue weighted by Crippen LogP contribution is 2.18. The quantitative estimate of drug-likeness (QED) is 0.778. The Morgan fingerprint density at radius 2 is 1.67 bits per heavy atom. The van der Waals surface area contributed by atoms with Gasteiger partial charge >= 0.3 is 0 Å². The first-order valence-corrected chi connectivity index (χ1v) is 6.29. The third-order valence-electron chi connectivity index (χ3n) is 2.34. The molecule has 0 aliphatic heterocycles. The molecule has 4 nitrogen and oxygen atoms in total. The first-order valence-electron chi connectivity index (χ1n) is 5.22. The van der Waals surface area contributed by atoms with Crippen molar-refractivity contribution in [3.8, 4) is 5.75 Å². The van der Waals surface area contributed by atoms with Crippen LogP contribution in [-0.2, 0) is 20.7 Å². The molecule has 1 aromatic rings. The molecule has 0 aromatic heterocycles. The van der Waals surface area contributed by atoms with Gasteiger partial charge in [-0.25, -0.2) is 4.21 Å². The van der Waals surface area contributed by atoms with E-state index in [0.717, 1.165) is 6.08 Å². The van der Waals surface area contributed by atoms with Crippen LogP contribution in [0.25, 0.3) is 0 Å². The van der Waals surface area contributed by atoms with Crippen molar-refractivity contribution in [2.45, 2.75) is 6.92 Å². The summed E-state index contributed by atoms with van der Waals surface area (Å²) in [6, 6.07) is 8.47. The number of benzene rings is 1. The third kappa shape index (κ3) is 2.62. The van der Waals surface area contributed by atoms with E-state index in [1.807, 2.05) is 0 Å². The molecule has 18 heavy (non-hydrogen) atoms. The Bertz CT molecular complexity index is 584. The molecule has 0 N–H and O–H groups in total. The van der Waals surface area contributed by atoms with Crippen LogP contribution in [-0.4, -0.2) is 15.8 Å². The number of allylic oxidation sites excluding steroid dienone is 4. The van der Waals surface area contributed by atoms with Crippen molar-refractivity contribution in [1.82, 2.24) is 0 Å². The van der Waals surface area contributed by atoms with Gasteiger partial charge in [0.25, 0.3) is 0 Å². The van der Waals surface area contributed by atoms with Crippen LogP contribution in [0, 0.1) is 0 Å². The zero-order chi connectivity index (χ0) is 13.1. The van der Waals surface area contributed by atoms with Crippen LogP contribution in [0.5, 0.6) is 5.75 Å². The van der Waals surface area contributed by atoms with Gasteiger partial charge in [-0.3, -0.25) is 9.59 Å². The molecule has 0 radical (unpaired) electrons. The number of ketones is 2. The van der Waals surface area contributed by atoms with Gasteiger partial charge in [-0.15, -0.1) is 0 Å². The summed E-state index contributed by atoms with van der Waals surface area (Å²) in [5.74, 6) is -0.403. The number of hydrogen-bond acceptors (Lipinski definition) is 4. The molecule has 1 aliphatic carbocycles. The van der Waals surface area contributed by atoms with Crippen molar-refractivity contribution >= 4 is 22.6 Å². The van der Waals surface area contributed by atoms with Gasteiger partial charge in [0, 0.05) is 11.6 Å². The highest BCUT2D eigenvalue weighted by Gasteiger charge is 2.23. The Hall–Kier alpha value is -2.01. The molecular weight excluding hydrogens is 252 g/mol. The molecule has 0 saturated heterocycles. The molecule has 0 spiro atoms. The molecule has 92 valence electrons. The van der Waals surface area contributed by atoms with Gasteiger partial charge in [-0.05, 0) is 25.1 Å². The summed E-state index contributed by atoms with van der Waals surface area (Å²) in [4.78, 5) is 22.9. The summed E-state index contributed by atoms with van der Waals surface area (Å²) < 4.78 is 17.0. The van der Waals surface area contributed by atoms with Crippen molar-refractivity contribution in [2.24, 2.45) is 0 Å². The van der Waals surface area contributed by atoms with E-state index in [1.54, 1.807) is 30.3 Å². The smallest absolute Gasteiger partial charge is 0.244 e. The predicted octanol–water partition coefficient (Wildman–Crippen LogP) is 1.71. The highest BCUT2D eigenvalue weighted by molar-refractivity contribution is 7.85.